The van der Waals surface area contributed by atoms with Gasteiger partial charge in [0.25, 0.3) is 0 Å². The fourth-order valence-corrected chi connectivity index (χ4v) is 7.79. The second kappa shape index (κ2) is 11.3. The first-order chi connectivity index (χ1) is 18.9. The highest BCUT2D eigenvalue weighted by atomic mass is 35.5. The Balaban J connectivity index is 1.19. The summed E-state index contributed by atoms with van der Waals surface area (Å²) in [4.78, 5) is 8.50. The molecule has 2 aromatic heterocycles. The summed E-state index contributed by atoms with van der Waals surface area (Å²) >= 11 is 6.14. The van der Waals surface area contributed by atoms with Crippen molar-refractivity contribution in [2.75, 3.05) is 44.2 Å². The summed E-state index contributed by atoms with van der Waals surface area (Å²) in [7, 11) is -3.69. The SMILES string of the molecule is Cc1nn(Cc2ccccc2)c(C)c1S(=O)(=O)N1CCC(N2CCN(c3ncc(C(F)(F)F)cc3Cl)CC2)CC1. The monoisotopic (exact) mass is 596 g/mol. The van der Waals surface area contributed by atoms with Crippen LogP contribution in [0.2, 0.25) is 5.02 Å². The van der Waals surface area contributed by atoms with Crippen LogP contribution in [0, 0.1) is 13.8 Å². The Morgan fingerprint density at radius 3 is 2.25 bits per heavy atom. The number of pyridine rings is 1. The van der Waals surface area contributed by atoms with Crippen molar-refractivity contribution in [3.05, 3.63) is 70.1 Å². The van der Waals surface area contributed by atoms with Crippen molar-refractivity contribution in [1.82, 2.24) is 24.0 Å². The number of piperidine rings is 1. The standard InChI is InChI=1S/C27H32ClF3N6O2S/c1-19-25(20(2)37(33-19)18-21-6-4-3-5-7-21)40(38,39)36-10-8-23(9-11-36)34-12-14-35(15-13-34)26-24(28)16-22(17-32-26)27(29,30)31/h3-7,16-17,23H,8-15,18H2,1-2H3. The van der Waals surface area contributed by atoms with E-state index in [1.54, 1.807) is 22.8 Å². The summed E-state index contributed by atoms with van der Waals surface area (Å²) in [5, 5.41) is 4.52. The van der Waals surface area contributed by atoms with Gasteiger partial charge in [0.1, 0.15) is 10.7 Å². The summed E-state index contributed by atoms with van der Waals surface area (Å²) < 4.78 is 69.5. The van der Waals surface area contributed by atoms with E-state index in [1.165, 1.54) is 0 Å². The molecule has 0 aliphatic carbocycles. The number of aromatic nitrogens is 3. The number of nitrogens with zero attached hydrogens (tertiary/aromatic N) is 6. The maximum absolute atomic E-state index is 13.7. The van der Waals surface area contributed by atoms with Gasteiger partial charge in [-0.1, -0.05) is 41.9 Å². The van der Waals surface area contributed by atoms with E-state index in [4.69, 9.17) is 11.6 Å². The highest BCUT2D eigenvalue weighted by Crippen LogP contribution is 2.34. The number of anilines is 1. The number of benzene rings is 1. The lowest BCUT2D eigenvalue weighted by atomic mass is 10.0. The Morgan fingerprint density at radius 1 is 1.00 bits per heavy atom. The quantitative estimate of drug-likeness (QED) is 0.414. The van der Waals surface area contributed by atoms with Gasteiger partial charge in [0.2, 0.25) is 10.0 Å². The van der Waals surface area contributed by atoms with E-state index < -0.39 is 21.8 Å². The van der Waals surface area contributed by atoms with Gasteiger partial charge in [0.05, 0.1) is 28.5 Å². The summed E-state index contributed by atoms with van der Waals surface area (Å²) in [6.07, 6.45) is -2.27. The molecule has 2 saturated heterocycles. The van der Waals surface area contributed by atoms with Gasteiger partial charge in [0.15, 0.2) is 0 Å². The molecule has 40 heavy (non-hydrogen) atoms. The maximum atomic E-state index is 13.7. The zero-order valence-corrected chi connectivity index (χ0v) is 24.0. The number of halogens is 4. The minimum Gasteiger partial charge on any atom is -0.353 e. The van der Waals surface area contributed by atoms with Crippen molar-refractivity contribution in [2.24, 2.45) is 0 Å². The predicted octanol–water partition coefficient (Wildman–Crippen LogP) is 4.59. The molecule has 0 spiro atoms. The first-order valence-corrected chi connectivity index (χ1v) is 15.1. The molecule has 0 N–H and O–H groups in total. The molecule has 2 aliphatic heterocycles. The fourth-order valence-electron chi connectivity index (χ4n) is 5.66. The highest BCUT2D eigenvalue weighted by molar-refractivity contribution is 7.89. The van der Waals surface area contributed by atoms with Crippen LogP contribution >= 0.6 is 11.6 Å². The summed E-state index contributed by atoms with van der Waals surface area (Å²) in [6, 6.07) is 11.0. The average Bonchev–Trinajstić information content (AvgIpc) is 3.21. The van der Waals surface area contributed by atoms with Gasteiger partial charge < -0.3 is 4.90 Å². The minimum absolute atomic E-state index is 0.0144. The molecule has 0 saturated carbocycles. The van der Waals surface area contributed by atoms with Crippen molar-refractivity contribution in [1.29, 1.82) is 0 Å². The molecule has 4 heterocycles. The zero-order valence-electron chi connectivity index (χ0n) is 22.4. The van der Waals surface area contributed by atoms with Gasteiger partial charge in [-0.05, 0) is 38.3 Å². The largest absolute Gasteiger partial charge is 0.417 e. The fraction of sp³-hybridized carbons (Fsp3) is 0.481. The van der Waals surface area contributed by atoms with Crippen molar-refractivity contribution in [2.45, 2.75) is 50.3 Å². The summed E-state index contributed by atoms with van der Waals surface area (Å²) in [6.45, 7) is 7.44. The Morgan fingerprint density at radius 2 is 1.65 bits per heavy atom. The van der Waals surface area contributed by atoms with E-state index >= 15 is 0 Å². The predicted molar refractivity (Wildman–Crippen MR) is 147 cm³/mol. The van der Waals surface area contributed by atoms with E-state index in [9.17, 15) is 21.6 Å². The number of sulfonamides is 1. The maximum Gasteiger partial charge on any atom is 0.417 e. The Bertz CT molecular complexity index is 1450. The van der Waals surface area contributed by atoms with Crippen LogP contribution < -0.4 is 4.90 Å². The van der Waals surface area contributed by atoms with Crippen molar-refractivity contribution in [3.8, 4) is 0 Å². The lowest BCUT2D eigenvalue weighted by Crippen LogP contribution is -2.54. The zero-order chi connectivity index (χ0) is 28.7. The molecule has 0 unspecified atom stereocenters. The van der Waals surface area contributed by atoms with Crippen LogP contribution in [0.1, 0.15) is 35.4 Å². The van der Waals surface area contributed by atoms with Crippen LogP contribution in [0.3, 0.4) is 0 Å². The van der Waals surface area contributed by atoms with E-state index in [1.807, 2.05) is 35.2 Å². The number of alkyl halides is 3. The van der Waals surface area contributed by atoms with Crippen molar-refractivity contribution >= 4 is 27.4 Å². The van der Waals surface area contributed by atoms with Crippen LogP contribution in [-0.4, -0.2) is 77.7 Å². The third-order valence-electron chi connectivity index (χ3n) is 7.79. The molecule has 5 rings (SSSR count). The van der Waals surface area contributed by atoms with Gasteiger partial charge in [-0.3, -0.25) is 9.58 Å². The smallest absolute Gasteiger partial charge is 0.353 e. The Kier molecular flexibility index (Phi) is 8.15. The molecule has 0 radical (unpaired) electrons. The molecule has 3 aromatic rings. The summed E-state index contributed by atoms with van der Waals surface area (Å²) in [5.74, 6) is 0.355. The molecule has 8 nitrogen and oxygen atoms in total. The van der Waals surface area contributed by atoms with Crippen LogP contribution in [0.5, 0.6) is 0 Å². The third-order valence-corrected chi connectivity index (χ3v) is 10.2. The lowest BCUT2D eigenvalue weighted by Gasteiger charge is -2.42. The normalized spacial score (nSPS) is 18.4. The average molecular weight is 597 g/mol. The Labute approximate surface area is 237 Å². The van der Waals surface area contributed by atoms with E-state index in [0.29, 0.717) is 75.9 Å². The van der Waals surface area contributed by atoms with Crippen LogP contribution in [0.15, 0.2) is 47.5 Å². The van der Waals surface area contributed by atoms with E-state index in [0.717, 1.165) is 17.8 Å². The van der Waals surface area contributed by atoms with Crippen molar-refractivity contribution < 1.29 is 21.6 Å². The number of rotatable bonds is 6. The molecule has 2 fully saturated rings. The minimum atomic E-state index is -4.49. The first-order valence-electron chi connectivity index (χ1n) is 13.2. The molecular weight excluding hydrogens is 565 g/mol. The molecular formula is C27H32ClF3N6O2S. The molecule has 216 valence electrons. The van der Waals surface area contributed by atoms with Crippen molar-refractivity contribution in [3.63, 3.8) is 0 Å². The van der Waals surface area contributed by atoms with Gasteiger partial charge >= 0.3 is 6.18 Å². The first kappa shape index (κ1) is 28.8. The molecule has 1 aromatic carbocycles. The number of aryl methyl sites for hydroxylation is 1. The van der Waals surface area contributed by atoms with Crippen LogP contribution in [0.25, 0.3) is 0 Å². The van der Waals surface area contributed by atoms with E-state index in [-0.39, 0.29) is 16.0 Å². The van der Waals surface area contributed by atoms with Crippen LogP contribution in [0.4, 0.5) is 19.0 Å². The van der Waals surface area contributed by atoms with Crippen LogP contribution in [-0.2, 0) is 22.7 Å². The highest BCUT2D eigenvalue weighted by Gasteiger charge is 2.36. The second-order valence-electron chi connectivity index (χ2n) is 10.3. The van der Waals surface area contributed by atoms with E-state index in [2.05, 4.69) is 15.0 Å². The van der Waals surface area contributed by atoms with Gasteiger partial charge in [-0.25, -0.2) is 13.4 Å². The molecule has 0 amide bonds. The van der Waals surface area contributed by atoms with Gasteiger partial charge in [-0.2, -0.15) is 22.6 Å². The molecule has 2 aliphatic rings. The molecule has 0 atom stereocenters. The number of piperazine rings is 1. The molecule has 0 bridgehead atoms. The third kappa shape index (κ3) is 5.86. The lowest BCUT2D eigenvalue weighted by molar-refractivity contribution is -0.137. The number of hydrogen-bond donors (Lipinski definition) is 0. The molecule has 13 heteroatoms. The second-order valence-corrected chi connectivity index (χ2v) is 12.6. The Hall–Kier alpha value is -2.67. The topological polar surface area (TPSA) is 74.6 Å². The van der Waals surface area contributed by atoms with Gasteiger partial charge in [-0.15, -0.1) is 0 Å². The van der Waals surface area contributed by atoms with Gasteiger partial charge in [0, 0.05) is 51.5 Å². The number of hydrogen-bond acceptors (Lipinski definition) is 6. The summed E-state index contributed by atoms with van der Waals surface area (Å²) in [5.41, 5.74) is 1.32.